The van der Waals surface area contributed by atoms with Crippen molar-refractivity contribution in [2.45, 2.75) is 26.4 Å². The second-order valence-corrected chi connectivity index (χ2v) is 8.47. The maximum Gasteiger partial charge on any atom is 0.349 e. The number of nitrogens with zero attached hydrogens (tertiary/aromatic N) is 2. The molecule has 0 saturated heterocycles. The lowest BCUT2D eigenvalue weighted by molar-refractivity contribution is 0.0915. The zero-order valence-electron chi connectivity index (χ0n) is 17.1. The van der Waals surface area contributed by atoms with Gasteiger partial charge in [0.2, 0.25) is 0 Å². The van der Waals surface area contributed by atoms with Crippen LogP contribution in [0.15, 0.2) is 74.0 Å². The van der Waals surface area contributed by atoms with Crippen molar-refractivity contribution in [2.24, 2.45) is 5.92 Å². The van der Waals surface area contributed by atoms with Crippen molar-refractivity contribution in [3.05, 3.63) is 86.3 Å². The Morgan fingerprint density at radius 2 is 1.94 bits per heavy atom. The number of amides is 1. The first kappa shape index (κ1) is 20.7. The lowest BCUT2D eigenvalue weighted by Crippen LogP contribution is -2.45. The molecule has 0 fully saturated rings. The van der Waals surface area contributed by atoms with Crippen molar-refractivity contribution in [1.82, 2.24) is 15.1 Å². The molecular weight excluding hydrogens is 414 g/mol. The molecule has 1 aromatic carbocycles. The highest BCUT2D eigenvalue weighted by molar-refractivity contribution is 7.13. The van der Waals surface area contributed by atoms with E-state index in [9.17, 15) is 14.4 Å². The number of aromatic nitrogens is 2. The average molecular weight is 436 g/mol. The van der Waals surface area contributed by atoms with Crippen LogP contribution in [-0.4, -0.2) is 21.7 Å². The maximum atomic E-state index is 12.9. The smallest absolute Gasteiger partial charge is 0.349 e. The summed E-state index contributed by atoms with van der Waals surface area (Å²) in [6, 6.07) is 15.1. The molecule has 31 heavy (non-hydrogen) atoms. The van der Waals surface area contributed by atoms with Crippen LogP contribution in [0, 0.1) is 5.92 Å². The summed E-state index contributed by atoms with van der Waals surface area (Å²) in [4.78, 5) is 38.5. The molecule has 0 saturated carbocycles. The minimum absolute atomic E-state index is 0.00413. The summed E-state index contributed by atoms with van der Waals surface area (Å²) in [5, 5.41) is 9.94. The van der Waals surface area contributed by atoms with Crippen molar-refractivity contribution in [1.29, 1.82) is 0 Å². The van der Waals surface area contributed by atoms with Crippen LogP contribution in [0.2, 0.25) is 0 Å². The largest absolute Gasteiger partial charge is 0.422 e. The molecule has 8 heteroatoms. The number of hydrogen-bond donors (Lipinski definition) is 1. The van der Waals surface area contributed by atoms with E-state index < -0.39 is 17.6 Å². The zero-order chi connectivity index (χ0) is 22.0. The molecule has 0 aliphatic rings. The van der Waals surface area contributed by atoms with Gasteiger partial charge in [-0.05, 0) is 35.6 Å². The fourth-order valence-corrected chi connectivity index (χ4v) is 3.90. The fourth-order valence-electron chi connectivity index (χ4n) is 3.21. The lowest BCUT2D eigenvalue weighted by atomic mass is 10.0. The summed E-state index contributed by atoms with van der Waals surface area (Å²) in [7, 11) is 0. The highest BCUT2D eigenvalue weighted by atomic mass is 32.1. The van der Waals surface area contributed by atoms with Gasteiger partial charge >= 0.3 is 5.63 Å². The molecule has 3 heterocycles. The summed E-state index contributed by atoms with van der Waals surface area (Å²) in [5.74, 6) is -0.545. The molecule has 7 nitrogen and oxygen atoms in total. The molecule has 0 aliphatic carbocycles. The Kier molecular flexibility index (Phi) is 5.81. The lowest BCUT2D eigenvalue weighted by Gasteiger charge is -2.22. The predicted octanol–water partition coefficient (Wildman–Crippen LogP) is 3.53. The number of carbonyl (C=O) groups is 1. The van der Waals surface area contributed by atoms with Gasteiger partial charge in [0, 0.05) is 11.5 Å². The molecule has 1 atom stereocenters. The van der Waals surface area contributed by atoms with Gasteiger partial charge in [-0.1, -0.05) is 38.1 Å². The SMILES string of the molecule is CC(C)[C@@H](Cn1nc(-c2cccs2)ccc1=O)NC(=O)c1cc2ccccc2oc1=O. The van der Waals surface area contributed by atoms with E-state index in [-0.39, 0.29) is 23.6 Å². The Labute approximate surface area is 182 Å². The quantitative estimate of drug-likeness (QED) is 0.468. The molecule has 4 aromatic rings. The number of thiophene rings is 1. The molecule has 0 bridgehead atoms. The van der Waals surface area contributed by atoms with Crippen LogP contribution < -0.4 is 16.5 Å². The first-order chi connectivity index (χ1) is 14.9. The van der Waals surface area contributed by atoms with Crippen LogP contribution in [-0.2, 0) is 6.54 Å². The Balaban J connectivity index is 1.60. The normalized spacial score (nSPS) is 12.2. The number of benzene rings is 1. The van der Waals surface area contributed by atoms with Gasteiger partial charge in [-0.3, -0.25) is 9.59 Å². The van der Waals surface area contributed by atoms with E-state index in [1.807, 2.05) is 31.4 Å². The minimum atomic E-state index is -0.700. The van der Waals surface area contributed by atoms with E-state index in [4.69, 9.17) is 4.42 Å². The first-order valence-electron chi connectivity index (χ1n) is 9.88. The molecule has 1 amide bonds. The number of carbonyl (C=O) groups excluding carboxylic acids is 1. The second-order valence-electron chi connectivity index (χ2n) is 7.53. The standard InChI is InChI=1S/C23H21N3O4S/c1-14(2)18(13-26-21(27)10-9-17(25-26)20-8-5-11-31-20)24-22(28)16-12-15-6-3-4-7-19(15)30-23(16)29/h3-12,14,18H,13H2,1-2H3,(H,24,28)/t18-/m1/s1. The van der Waals surface area contributed by atoms with Gasteiger partial charge in [0.1, 0.15) is 16.8 Å². The van der Waals surface area contributed by atoms with Gasteiger partial charge in [0.25, 0.3) is 11.5 Å². The van der Waals surface area contributed by atoms with Crippen LogP contribution in [0.4, 0.5) is 0 Å². The monoisotopic (exact) mass is 435 g/mol. The fraction of sp³-hybridized carbons (Fsp3) is 0.217. The number of fused-ring (bicyclic) bond motifs is 1. The topological polar surface area (TPSA) is 94.2 Å². The number of para-hydroxylation sites is 1. The molecule has 158 valence electrons. The van der Waals surface area contributed by atoms with E-state index >= 15 is 0 Å². The summed E-state index contributed by atoms with van der Waals surface area (Å²) in [6.45, 7) is 4.05. The molecule has 0 unspecified atom stereocenters. The molecular formula is C23H21N3O4S. The van der Waals surface area contributed by atoms with Gasteiger partial charge in [-0.2, -0.15) is 5.10 Å². The van der Waals surface area contributed by atoms with Crippen LogP contribution >= 0.6 is 11.3 Å². The van der Waals surface area contributed by atoms with Crippen molar-refractivity contribution in [3.8, 4) is 10.6 Å². The van der Waals surface area contributed by atoms with Crippen LogP contribution in [0.1, 0.15) is 24.2 Å². The van der Waals surface area contributed by atoms with Gasteiger partial charge < -0.3 is 9.73 Å². The summed E-state index contributed by atoms with van der Waals surface area (Å²) in [6.07, 6.45) is 0. The number of nitrogens with one attached hydrogen (secondary N) is 1. The Morgan fingerprint density at radius 3 is 2.68 bits per heavy atom. The Hall–Kier alpha value is -3.52. The molecule has 4 rings (SSSR count). The van der Waals surface area contributed by atoms with E-state index in [0.717, 1.165) is 4.88 Å². The predicted molar refractivity (Wildman–Crippen MR) is 120 cm³/mol. The Morgan fingerprint density at radius 1 is 1.13 bits per heavy atom. The zero-order valence-corrected chi connectivity index (χ0v) is 17.9. The number of rotatable bonds is 6. The van der Waals surface area contributed by atoms with Crippen LogP contribution in [0.5, 0.6) is 0 Å². The van der Waals surface area contributed by atoms with Gasteiger partial charge in [0.15, 0.2) is 0 Å². The first-order valence-corrected chi connectivity index (χ1v) is 10.8. The van der Waals surface area contributed by atoms with Crippen molar-refractivity contribution < 1.29 is 9.21 Å². The van der Waals surface area contributed by atoms with E-state index in [1.165, 1.54) is 28.2 Å². The highest BCUT2D eigenvalue weighted by Crippen LogP contribution is 2.21. The molecule has 3 aromatic heterocycles. The highest BCUT2D eigenvalue weighted by Gasteiger charge is 2.22. The summed E-state index contributed by atoms with van der Waals surface area (Å²) >= 11 is 1.53. The van der Waals surface area contributed by atoms with E-state index in [0.29, 0.717) is 16.7 Å². The molecule has 0 radical (unpaired) electrons. The molecule has 1 N–H and O–H groups in total. The van der Waals surface area contributed by atoms with Crippen LogP contribution in [0.3, 0.4) is 0 Å². The van der Waals surface area contributed by atoms with E-state index in [2.05, 4.69) is 10.4 Å². The maximum absolute atomic E-state index is 12.9. The third-order valence-electron chi connectivity index (χ3n) is 5.02. The van der Waals surface area contributed by atoms with Crippen molar-refractivity contribution in [3.63, 3.8) is 0 Å². The van der Waals surface area contributed by atoms with Crippen molar-refractivity contribution >= 4 is 28.2 Å². The third kappa shape index (κ3) is 4.49. The Bertz CT molecular complexity index is 1340. The van der Waals surface area contributed by atoms with Gasteiger partial charge in [-0.15, -0.1) is 11.3 Å². The third-order valence-corrected chi connectivity index (χ3v) is 5.91. The van der Waals surface area contributed by atoms with Crippen LogP contribution in [0.25, 0.3) is 21.5 Å². The van der Waals surface area contributed by atoms with Crippen molar-refractivity contribution in [2.75, 3.05) is 0 Å². The average Bonchev–Trinajstić information content (AvgIpc) is 3.29. The molecule has 0 spiro atoms. The van der Waals surface area contributed by atoms with E-state index in [1.54, 1.807) is 30.3 Å². The molecule has 0 aliphatic heterocycles. The minimum Gasteiger partial charge on any atom is -0.422 e. The summed E-state index contributed by atoms with van der Waals surface area (Å²) in [5.41, 5.74) is 0.0836. The second kappa shape index (κ2) is 8.69. The van der Waals surface area contributed by atoms with Gasteiger partial charge in [-0.25, -0.2) is 9.48 Å². The summed E-state index contributed by atoms with van der Waals surface area (Å²) < 4.78 is 6.62. The van der Waals surface area contributed by atoms with Gasteiger partial charge in [0.05, 0.1) is 17.5 Å². The number of hydrogen-bond acceptors (Lipinski definition) is 6.